The number of fused-ring (bicyclic) bond motifs is 1. The van der Waals surface area contributed by atoms with Gasteiger partial charge in [0.15, 0.2) is 0 Å². The summed E-state index contributed by atoms with van der Waals surface area (Å²) in [5, 5.41) is 1.11. The van der Waals surface area contributed by atoms with E-state index in [4.69, 9.17) is 4.74 Å². The van der Waals surface area contributed by atoms with Gasteiger partial charge in [0, 0.05) is 11.5 Å². The van der Waals surface area contributed by atoms with Gasteiger partial charge < -0.3 is 4.74 Å². The van der Waals surface area contributed by atoms with E-state index < -0.39 is 0 Å². The van der Waals surface area contributed by atoms with E-state index >= 15 is 0 Å². The monoisotopic (exact) mass is 158 g/mol. The van der Waals surface area contributed by atoms with Gasteiger partial charge in [-0.3, -0.25) is 0 Å². The fraction of sp³-hybridized carbons (Fsp3) is 0. The van der Waals surface area contributed by atoms with Crippen molar-refractivity contribution in [1.29, 1.82) is 0 Å². The molecule has 0 bridgehead atoms. The van der Waals surface area contributed by atoms with Crippen LogP contribution in [0.1, 0.15) is 0 Å². The number of nitrogens with zero attached hydrogens (tertiary/aromatic N) is 1. The Hall–Kier alpha value is -1.57. The summed E-state index contributed by atoms with van der Waals surface area (Å²) in [7, 11) is 3.30. The first kappa shape index (κ1) is 7.10. The van der Waals surface area contributed by atoms with Gasteiger partial charge in [0.1, 0.15) is 7.11 Å². The van der Waals surface area contributed by atoms with Crippen molar-refractivity contribution < 1.29 is 4.74 Å². The van der Waals surface area contributed by atoms with Crippen LogP contribution in [0.15, 0.2) is 36.4 Å². The van der Waals surface area contributed by atoms with E-state index in [2.05, 4.69) is 12.1 Å². The molecular formula is C10H8NO. The van der Waals surface area contributed by atoms with Gasteiger partial charge in [-0.1, -0.05) is 18.2 Å². The highest BCUT2D eigenvalue weighted by Gasteiger charge is 1.94. The van der Waals surface area contributed by atoms with Crippen LogP contribution in [0.3, 0.4) is 0 Å². The third-order valence-corrected chi connectivity index (χ3v) is 1.72. The standard InChI is InChI=1S/C10H8NO/c1-12-10-7-6-8-4-2-3-5-9(8)11-10/h2-7H,1H2. The van der Waals surface area contributed by atoms with Gasteiger partial charge in [0.2, 0.25) is 5.88 Å². The quantitative estimate of drug-likeness (QED) is 0.635. The molecule has 2 heteroatoms. The third kappa shape index (κ3) is 1.11. The van der Waals surface area contributed by atoms with Gasteiger partial charge in [-0.15, -0.1) is 0 Å². The van der Waals surface area contributed by atoms with Crippen molar-refractivity contribution in [1.82, 2.24) is 4.98 Å². The largest absolute Gasteiger partial charge is 0.474 e. The van der Waals surface area contributed by atoms with Crippen molar-refractivity contribution in [3.05, 3.63) is 43.5 Å². The molecule has 0 spiro atoms. The van der Waals surface area contributed by atoms with Gasteiger partial charge in [0.25, 0.3) is 0 Å². The Bertz CT molecular complexity index is 398. The minimum atomic E-state index is 0.550. The smallest absolute Gasteiger partial charge is 0.213 e. The molecule has 0 fully saturated rings. The maximum absolute atomic E-state index is 4.76. The molecule has 0 saturated carbocycles. The van der Waals surface area contributed by atoms with E-state index in [0.717, 1.165) is 10.9 Å². The van der Waals surface area contributed by atoms with E-state index in [-0.39, 0.29) is 0 Å². The fourth-order valence-electron chi connectivity index (χ4n) is 1.13. The minimum absolute atomic E-state index is 0.550. The van der Waals surface area contributed by atoms with Crippen LogP contribution in [-0.2, 0) is 0 Å². The van der Waals surface area contributed by atoms with E-state index in [1.54, 1.807) is 6.07 Å². The van der Waals surface area contributed by atoms with Crippen molar-refractivity contribution in [3.63, 3.8) is 0 Å². The first-order valence-corrected chi connectivity index (χ1v) is 3.68. The molecule has 0 unspecified atom stereocenters. The average Bonchev–Trinajstić information content (AvgIpc) is 2.17. The Morgan fingerprint density at radius 1 is 1.08 bits per heavy atom. The molecule has 1 heterocycles. The van der Waals surface area contributed by atoms with Crippen LogP contribution in [-0.4, -0.2) is 4.98 Å². The zero-order valence-corrected chi connectivity index (χ0v) is 6.53. The van der Waals surface area contributed by atoms with Crippen LogP contribution in [0.2, 0.25) is 0 Å². The highest BCUT2D eigenvalue weighted by molar-refractivity contribution is 5.78. The summed E-state index contributed by atoms with van der Waals surface area (Å²) in [6.45, 7) is 0. The number of pyridine rings is 1. The van der Waals surface area contributed by atoms with Crippen LogP contribution in [0.4, 0.5) is 0 Å². The van der Waals surface area contributed by atoms with Gasteiger partial charge in [-0.25, -0.2) is 4.98 Å². The van der Waals surface area contributed by atoms with Crippen molar-refractivity contribution in [2.45, 2.75) is 0 Å². The Kier molecular flexibility index (Phi) is 1.67. The predicted octanol–water partition coefficient (Wildman–Crippen LogP) is 2.41. The summed E-state index contributed by atoms with van der Waals surface area (Å²) in [5.41, 5.74) is 0.929. The molecule has 2 rings (SSSR count). The lowest BCUT2D eigenvalue weighted by Gasteiger charge is -1.99. The summed E-state index contributed by atoms with van der Waals surface area (Å²) >= 11 is 0. The van der Waals surface area contributed by atoms with Crippen LogP contribution < -0.4 is 4.74 Å². The topological polar surface area (TPSA) is 22.1 Å². The molecule has 0 atom stereocenters. The molecular weight excluding hydrogens is 150 g/mol. The molecule has 1 aromatic carbocycles. The Morgan fingerprint density at radius 3 is 2.75 bits per heavy atom. The van der Waals surface area contributed by atoms with Crippen LogP contribution >= 0.6 is 0 Å². The fourth-order valence-corrected chi connectivity index (χ4v) is 1.13. The highest BCUT2D eigenvalue weighted by atomic mass is 16.5. The Balaban J connectivity index is 2.67. The van der Waals surface area contributed by atoms with Gasteiger partial charge >= 0.3 is 0 Å². The normalized spacial score (nSPS) is 10.1. The average molecular weight is 158 g/mol. The molecule has 1 radical (unpaired) electrons. The summed E-state index contributed by atoms with van der Waals surface area (Å²) in [4.78, 5) is 4.21. The molecule has 2 aromatic rings. The second kappa shape index (κ2) is 2.81. The molecule has 12 heavy (non-hydrogen) atoms. The van der Waals surface area contributed by atoms with Crippen molar-refractivity contribution in [3.8, 4) is 5.88 Å². The zero-order chi connectivity index (χ0) is 8.39. The number of hydrogen-bond acceptors (Lipinski definition) is 2. The Labute approximate surface area is 70.8 Å². The van der Waals surface area contributed by atoms with E-state index in [0.29, 0.717) is 5.88 Å². The van der Waals surface area contributed by atoms with Crippen molar-refractivity contribution in [2.24, 2.45) is 0 Å². The number of benzene rings is 1. The zero-order valence-electron chi connectivity index (χ0n) is 6.53. The molecule has 0 N–H and O–H groups in total. The van der Waals surface area contributed by atoms with Gasteiger partial charge in [-0.2, -0.15) is 0 Å². The molecule has 1 aromatic heterocycles. The van der Waals surface area contributed by atoms with Crippen LogP contribution in [0, 0.1) is 7.11 Å². The van der Waals surface area contributed by atoms with Gasteiger partial charge in [-0.05, 0) is 12.1 Å². The second-order valence-corrected chi connectivity index (χ2v) is 2.49. The third-order valence-electron chi connectivity index (χ3n) is 1.72. The molecule has 0 amide bonds. The molecule has 59 valence electrons. The lowest BCUT2D eigenvalue weighted by atomic mass is 10.2. The second-order valence-electron chi connectivity index (χ2n) is 2.49. The number of para-hydroxylation sites is 1. The number of rotatable bonds is 1. The molecule has 0 aliphatic heterocycles. The maximum Gasteiger partial charge on any atom is 0.213 e. The summed E-state index contributed by atoms with van der Waals surface area (Å²) in [5.74, 6) is 0.550. The molecule has 0 aliphatic carbocycles. The van der Waals surface area contributed by atoms with Crippen molar-refractivity contribution in [2.75, 3.05) is 0 Å². The number of hydrogen-bond donors (Lipinski definition) is 0. The molecule has 0 saturated heterocycles. The van der Waals surface area contributed by atoms with Crippen LogP contribution in [0.25, 0.3) is 10.9 Å². The summed E-state index contributed by atoms with van der Waals surface area (Å²) in [6.07, 6.45) is 0. The lowest BCUT2D eigenvalue weighted by Crippen LogP contribution is -1.84. The SMILES string of the molecule is [CH2]Oc1ccc2ccccc2n1. The van der Waals surface area contributed by atoms with E-state index in [9.17, 15) is 0 Å². The highest BCUT2D eigenvalue weighted by Crippen LogP contribution is 2.15. The predicted molar refractivity (Wildman–Crippen MR) is 47.7 cm³/mol. The molecule has 2 nitrogen and oxygen atoms in total. The van der Waals surface area contributed by atoms with Crippen LogP contribution in [0.5, 0.6) is 5.88 Å². The first-order chi connectivity index (χ1) is 5.90. The Morgan fingerprint density at radius 2 is 1.92 bits per heavy atom. The lowest BCUT2D eigenvalue weighted by molar-refractivity contribution is 0.455. The van der Waals surface area contributed by atoms with E-state index in [1.807, 2.05) is 30.3 Å². The first-order valence-electron chi connectivity index (χ1n) is 3.68. The number of aromatic nitrogens is 1. The summed E-state index contributed by atoms with van der Waals surface area (Å²) in [6, 6.07) is 11.6. The molecule has 0 aliphatic rings. The van der Waals surface area contributed by atoms with Crippen molar-refractivity contribution >= 4 is 10.9 Å². The maximum atomic E-state index is 4.76. The van der Waals surface area contributed by atoms with E-state index in [1.165, 1.54) is 0 Å². The summed E-state index contributed by atoms with van der Waals surface area (Å²) < 4.78 is 4.76. The number of ether oxygens (including phenoxy) is 1. The van der Waals surface area contributed by atoms with Gasteiger partial charge in [0.05, 0.1) is 5.52 Å². The minimum Gasteiger partial charge on any atom is -0.474 e.